The van der Waals surface area contributed by atoms with E-state index in [1.165, 1.54) is 16.2 Å². The van der Waals surface area contributed by atoms with Gasteiger partial charge in [-0.1, -0.05) is 41.0 Å². The van der Waals surface area contributed by atoms with Crippen LogP contribution in [0.15, 0.2) is 60.1 Å². The summed E-state index contributed by atoms with van der Waals surface area (Å²) >= 11 is 0. The van der Waals surface area contributed by atoms with Gasteiger partial charge in [0.15, 0.2) is 0 Å². The zero-order valence-electron chi connectivity index (χ0n) is 16.9. The first-order valence-electron chi connectivity index (χ1n) is 9.39. The van der Waals surface area contributed by atoms with E-state index in [1.54, 1.807) is 31.3 Å². The van der Waals surface area contributed by atoms with Gasteiger partial charge in [-0.3, -0.25) is 9.78 Å². The summed E-state index contributed by atoms with van der Waals surface area (Å²) in [5.74, 6) is -0.682. The Morgan fingerprint density at radius 1 is 1.41 bits per heavy atom. The van der Waals surface area contributed by atoms with Crippen LogP contribution in [0.2, 0.25) is 0 Å². The normalized spacial score (nSPS) is 17.1. The molecule has 3 nitrogen and oxygen atoms in total. The number of nitrogens with zero attached hydrogens (tertiary/aromatic N) is 1. The average Bonchev–Trinajstić information content (AvgIpc) is 3.45. The lowest BCUT2D eigenvalue weighted by Gasteiger charge is -2.19. The maximum atomic E-state index is 14.1. The van der Waals surface area contributed by atoms with Crippen molar-refractivity contribution in [3.63, 3.8) is 0 Å². The average molecular weight is 422 g/mol. The molecule has 1 heterocycles. The Bertz CT molecular complexity index is 876. The highest BCUT2D eigenvalue weighted by Gasteiger charge is 2.46. The molecule has 1 aromatic heterocycles. The highest BCUT2D eigenvalue weighted by molar-refractivity contribution is 7.18. The Labute approximate surface area is 172 Å². The van der Waals surface area contributed by atoms with Crippen molar-refractivity contribution in [2.45, 2.75) is 51.2 Å². The van der Waals surface area contributed by atoms with Crippen molar-refractivity contribution in [2.75, 3.05) is 0 Å². The molecule has 1 amide bonds. The molecule has 1 aliphatic carbocycles. The van der Waals surface area contributed by atoms with E-state index in [1.807, 2.05) is 13.0 Å². The van der Waals surface area contributed by atoms with Crippen molar-refractivity contribution < 1.29 is 18.0 Å². The van der Waals surface area contributed by atoms with E-state index in [4.69, 9.17) is 0 Å². The van der Waals surface area contributed by atoms with Gasteiger partial charge in [-0.15, -0.1) is 0 Å². The molecule has 1 saturated carbocycles. The quantitative estimate of drug-likeness (QED) is 0.326. The van der Waals surface area contributed by atoms with Crippen LogP contribution in [-0.2, 0) is 10.3 Å². The summed E-state index contributed by atoms with van der Waals surface area (Å²) in [7, 11) is 1.40. The highest BCUT2D eigenvalue weighted by atomic mass is 31.0. The molecular formula is C22H26F3N2OP. The van der Waals surface area contributed by atoms with E-state index in [-0.39, 0.29) is 17.8 Å². The third kappa shape index (κ3) is 5.66. The molecule has 1 unspecified atom stereocenters. The Kier molecular flexibility index (Phi) is 7.23. The van der Waals surface area contributed by atoms with Crippen LogP contribution in [0.5, 0.6) is 0 Å². The van der Waals surface area contributed by atoms with Crippen molar-refractivity contribution in [1.29, 1.82) is 0 Å². The van der Waals surface area contributed by atoms with Crippen molar-refractivity contribution in [3.8, 4) is 0 Å². The van der Waals surface area contributed by atoms with Crippen LogP contribution >= 0.6 is 9.24 Å². The molecule has 156 valence electrons. The van der Waals surface area contributed by atoms with Gasteiger partial charge in [0.2, 0.25) is 5.91 Å². The number of alkyl halides is 2. The van der Waals surface area contributed by atoms with Crippen molar-refractivity contribution >= 4 is 20.7 Å². The molecule has 1 aromatic rings. The largest absolute Gasteiger partial charge is 0.343 e. The monoisotopic (exact) mass is 422 g/mol. The second kappa shape index (κ2) is 9.08. The van der Waals surface area contributed by atoms with Gasteiger partial charge < -0.3 is 5.32 Å². The molecule has 0 saturated heterocycles. The fourth-order valence-corrected chi connectivity index (χ4v) is 2.94. The van der Waals surface area contributed by atoms with Gasteiger partial charge in [0.25, 0.3) is 5.66 Å². The number of pyridine rings is 1. The minimum atomic E-state index is -3.16. The van der Waals surface area contributed by atoms with Gasteiger partial charge >= 0.3 is 0 Å². The number of halogens is 3. The fourth-order valence-electron chi connectivity index (χ4n) is 2.86. The molecule has 2 rings (SSSR count). The molecule has 1 aliphatic rings. The lowest BCUT2D eigenvalue weighted by Crippen LogP contribution is -2.35. The molecule has 0 radical (unpaired) electrons. The zero-order chi connectivity index (χ0) is 21.8. The van der Waals surface area contributed by atoms with E-state index >= 15 is 0 Å². The summed E-state index contributed by atoms with van der Waals surface area (Å²) in [6.45, 7) is 8.32. The summed E-state index contributed by atoms with van der Waals surface area (Å²) in [5, 5.41) is 2.91. The lowest BCUT2D eigenvalue weighted by molar-refractivity contribution is -0.118. The second-order valence-corrected chi connectivity index (χ2v) is 7.84. The van der Waals surface area contributed by atoms with Gasteiger partial charge in [-0.25, -0.2) is 4.39 Å². The molecule has 0 aromatic carbocycles. The number of carbonyl (C=O) groups excluding carboxylic acids is 1. The number of rotatable bonds is 8. The third-order valence-electron chi connectivity index (χ3n) is 4.81. The van der Waals surface area contributed by atoms with Crippen LogP contribution in [0.4, 0.5) is 13.2 Å². The predicted molar refractivity (Wildman–Crippen MR) is 114 cm³/mol. The van der Waals surface area contributed by atoms with Crippen LogP contribution in [0, 0.1) is 0 Å². The standard InChI is InChI=1S/C22H26F3N2OP/c1-5-7-17(18(23)6-2)19-9-8-16(13-26-19)21(10-11-21)27-20(28)14(3)12-15(4)22(24,25)29/h5,7-9,12-13H,4,6,10-11,29H2,1-3H3,(H,27,28)/b7-5-,14-12+,18-17-. The molecular weight excluding hydrogens is 396 g/mol. The number of aromatic nitrogens is 1. The topological polar surface area (TPSA) is 42.0 Å². The smallest absolute Gasteiger partial charge is 0.283 e. The Morgan fingerprint density at radius 2 is 2.07 bits per heavy atom. The number of hydrogen-bond donors (Lipinski definition) is 1. The molecule has 0 bridgehead atoms. The predicted octanol–water partition coefficient (Wildman–Crippen LogP) is 5.82. The lowest BCUT2D eigenvalue weighted by atomic mass is 10.0. The second-order valence-electron chi connectivity index (χ2n) is 7.12. The molecule has 0 spiro atoms. The van der Waals surface area contributed by atoms with E-state index in [9.17, 15) is 18.0 Å². The van der Waals surface area contributed by atoms with Gasteiger partial charge in [0, 0.05) is 22.9 Å². The van der Waals surface area contributed by atoms with Crippen LogP contribution in [-0.4, -0.2) is 16.6 Å². The first-order valence-corrected chi connectivity index (χ1v) is 9.97. The Balaban J connectivity index is 2.20. The summed E-state index contributed by atoms with van der Waals surface area (Å²) in [6.07, 6.45) is 7.85. The van der Waals surface area contributed by atoms with Gasteiger partial charge in [-0.2, -0.15) is 8.78 Å². The molecule has 1 atom stereocenters. The summed E-state index contributed by atoms with van der Waals surface area (Å²) in [4.78, 5) is 16.8. The molecule has 29 heavy (non-hydrogen) atoms. The van der Waals surface area contributed by atoms with Gasteiger partial charge in [-0.05, 0) is 50.8 Å². The van der Waals surface area contributed by atoms with Crippen LogP contribution in [0.3, 0.4) is 0 Å². The number of amides is 1. The molecule has 0 aliphatic heterocycles. The van der Waals surface area contributed by atoms with Crippen molar-refractivity contribution in [3.05, 3.63) is 71.4 Å². The van der Waals surface area contributed by atoms with E-state index < -0.39 is 22.7 Å². The fraction of sp³-hybridized carbons (Fsp3) is 0.364. The number of carbonyl (C=O) groups is 1. The Morgan fingerprint density at radius 3 is 2.52 bits per heavy atom. The van der Waals surface area contributed by atoms with E-state index in [2.05, 4.69) is 16.9 Å². The Hall–Kier alpha value is -2.20. The molecule has 1 N–H and O–H groups in total. The van der Waals surface area contributed by atoms with Crippen molar-refractivity contribution in [1.82, 2.24) is 10.3 Å². The highest BCUT2D eigenvalue weighted by Crippen LogP contribution is 2.45. The van der Waals surface area contributed by atoms with Crippen molar-refractivity contribution in [2.24, 2.45) is 0 Å². The van der Waals surface area contributed by atoms with Gasteiger partial charge in [0.1, 0.15) is 5.83 Å². The number of hydrogen-bond acceptors (Lipinski definition) is 2. The molecule has 1 fully saturated rings. The molecule has 7 heteroatoms. The first kappa shape index (κ1) is 23.1. The van der Waals surface area contributed by atoms with Gasteiger partial charge in [0.05, 0.1) is 11.2 Å². The maximum Gasteiger partial charge on any atom is 0.283 e. The zero-order valence-corrected chi connectivity index (χ0v) is 18.0. The number of allylic oxidation sites excluding steroid dienone is 6. The van der Waals surface area contributed by atoms with Crippen LogP contribution < -0.4 is 5.32 Å². The van der Waals surface area contributed by atoms with E-state index in [0.29, 0.717) is 24.1 Å². The van der Waals surface area contributed by atoms with E-state index in [0.717, 1.165) is 11.6 Å². The first-order chi connectivity index (χ1) is 13.5. The number of nitrogens with one attached hydrogen (secondary N) is 1. The summed E-state index contributed by atoms with van der Waals surface area (Å²) in [5.41, 5.74) is -2.28. The minimum absolute atomic E-state index is 0.149. The van der Waals surface area contributed by atoms with Crippen LogP contribution in [0.25, 0.3) is 5.57 Å². The SMILES string of the molecule is C=C(/C=C(\C)C(=O)NC1(c2ccc(C(/C=C\C)=C(\F)CC)nc2)CC1)C(F)(F)P. The third-order valence-corrected chi connectivity index (χ3v) is 5.18. The minimum Gasteiger partial charge on any atom is -0.343 e. The summed E-state index contributed by atoms with van der Waals surface area (Å²) < 4.78 is 40.6. The van der Waals surface area contributed by atoms with Crippen LogP contribution in [0.1, 0.15) is 51.3 Å². The maximum absolute atomic E-state index is 14.1. The summed E-state index contributed by atoms with van der Waals surface area (Å²) in [6, 6.07) is 3.54.